The summed E-state index contributed by atoms with van der Waals surface area (Å²) in [6.07, 6.45) is 5.26. The normalized spacial score (nSPS) is 22.0. The van der Waals surface area contributed by atoms with Crippen molar-refractivity contribution in [2.75, 3.05) is 26.7 Å². The minimum atomic E-state index is -0.462. The molecule has 1 N–H and O–H groups in total. The van der Waals surface area contributed by atoms with Crippen molar-refractivity contribution in [3.05, 3.63) is 22.4 Å². The highest BCUT2D eigenvalue weighted by Gasteiger charge is 2.51. The van der Waals surface area contributed by atoms with Crippen molar-refractivity contribution in [3.8, 4) is 0 Å². The van der Waals surface area contributed by atoms with Crippen molar-refractivity contribution in [2.45, 2.75) is 32.1 Å². The van der Waals surface area contributed by atoms with Crippen LogP contribution in [0.5, 0.6) is 0 Å². The highest BCUT2D eigenvalue weighted by atomic mass is 32.1. The monoisotopic (exact) mass is 364 g/mol. The predicted octanol–water partition coefficient (Wildman–Crippen LogP) is 2.06. The molecule has 1 saturated carbocycles. The lowest BCUT2D eigenvalue weighted by molar-refractivity contribution is -0.142. The number of likely N-dealkylation sites (tertiary alicyclic amines) is 1. The van der Waals surface area contributed by atoms with Crippen molar-refractivity contribution in [2.24, 2.45) is 11.3 Å². The summed E-state index contributed by atoms with van der Waals surface area (Å²) in [4.78, 5) is 39.3. The first-order valence-corrected chi connectivity index (χ1v) is 9.61. The SMILES string of the molecule is COC(=O)CNC(=O)[C@H]1CN(C(=O)c2cccs2)CC12CCCCC2. The molecule has 25 heavy (non-hydrogen) atoms. The van der Waals surface area contributed by atoms with Crippen LogP contribution in [0.2, 0.25) is 0 Å². The number of nitrogens with zero attached hydrogens (tertiary/aromatic N) is 1. The molecular formula is C18H24N2O4S. The zero-order chi connectivity index (χ0) is 17.9. The second-order valence-electron chi connectivity index (χ2n) is 6.93. The molecule has 0 unspecified atom stereocenters. The van der Waals surface area contributed by atoms with Gasteiger partial charge in [-0.15, -0.1) is 11.3 Å². The molecule has 2 heterocycles. The lowest BCUT2D eigenvalue weighted by atomic mass is 9.67. The number of methoxy groups -OCH3 is 1. The second kappa shape index (κ2) is 7.56. The maximum atomic E-state index is 12.7. The number of amides is 2. The molecule has 1 saturated heterocycles. The van der Waals surface area contributed by atoms with Gasteiger partial charge in [0, 0.05) is 18.5 Å². The summed E-state index contributed by atoms with van der Waals surface area (Å²) in [6.45, 7) is 0.921. The number of carbonyl (C=O) groups excluding carboxylic acids is 3. The van der Waals surface area contributed by atoms with E-state index in [1.165, 1.54) is 24.9 Å². The zero-order valence-corrected chi connectivity index (χ0v) is 15.3. The maximum absolute atomic E-state index is 12.7. The molecule has 7 heteroatoms. The first kappa shape index (κ1) is 17.9. The quantitative estimate of drug-likeness (QED) is 0.830. The topological polar surface area (TPSA) is 75.7 Å². The van der Waals surface area contributed by atoms with Crippen LogP contribution in [0.25, 0.3) is 0 Å². The van der Waals surface area contributed by atoms with E-state index in [1.54, 1.807) is 0 Å². The van der Waals surface area contributed by atoms with Crippen LogP contribution in [-0.2, 0) is 14.3 Å². The van der Waals surface area contributed by atoms with E-state index in [4.69, 9.17) is 0 Å². The number of carbonyl (C=O) groups is 3. The molecule has 1 atom stereocenters. The van der Waals surface area contributed by atoms with Crippen LogP contribution in [0.1, 0.15) is 41.8 Å². The first-order valence-electron chi connectivity index (χ1n) is 8.73. The van der Waals surface area contributed by atoms with E-state index >= 15 is 0 Å². The van der Waals surface area contributed by atoms with E-state index in [0.717, 1.165) is 25.7 Å². The molecule has 1 spiro atoms. The van der Waals surface area contributed by atoms with Crippen LogP contribution < -0.4 is 5.32 Å². The molecule has 1 aliphatic heterocycles. The van der Waals surface area contributed by atoms with Crippen LogP contribution >= 0.6 is 11.3 Å². The molecule has 0 aromatic carbocycles. The van der Waals surface area contributed by atoms with E-state index in [1.807, 2.05) is 22.4 Å². The summed E-state index contributed by atoms with van der Waals surface area (Å²) in [5, 5.41) is 4.58. The lowest BCUT2D eigenvalue weighted by Crippen LogP contribution is -2.44. The van der Waals surface area contributed by atoms with Gasteiger partial charge < -0.3 is 15.0 Å². The van der Waals surface area contributed by atoms with Gasteiger partial charge in [-0.3, -0.25) is 14.4 Å². The molecule has 136 valence electrons. The van der Waals surface area contributed by atoms with Crippen molar-refractivity contribution in [3.63, 3.8) is 0 Å². The van der Waals surface area contributed by atoms with Crippen LogP contribution in [-0.4, -0.2) is 49.4 Å². The molecule has 1 aromatic heterocycles. The van der Waals surface area contributed by atoms with E-state index in [0.29, 0.717) is 18.0 Å². The minimum Gasteiger partial charge on any atom is -0.468 e. The van der Waals surface area contributed by atoms with Gasteiger partial charge in [0.15, 0.2) is 0 Å². The predicted molar refractivity (Wildman–Crippen MR) is 94.3 cm³/mol. The maximum Gasteiger partial charge on any atom is 0.325 e. The molecular weight excluding hydrogens is 340 g/mol. The van der Waals surface area contributed by atoms with Gasteiger partial charge in [-0.2, -0.15) is 0 Å². The number of ether oxygens (including phenoxy) is 1. The smallest absolute Gasteiger partial charge is 0.325 e. The Labute approximate surface area is 151 Å². The molecule has 3 rings (SSSR count). The van der Waals surface area contributed by atoms with E-state index in [-0.39, 0.29) is 29.7 Å². The fraction of sp³-hybridized carbons (Fsp3) is 0.611. The third-order valence-electron chi connectivity index (χ3n) is 5.47. The Kier molecular flexibility index (Phi) is 5.42. The summed E-state index contributed by atoms with van der Waals surface area (Å²) in [5.41, 5.74) is -0.161. The second-order valence-corrected chi connectivity index (χ2v) is 7.88. The van der Waals surface area contributed by atoms with Crippen LogP contribution in [0.15, 0.2) is 17.5 Å². The average Bonchev–Trinajstić information content (AvgIpc) is 3.28. The Morgan fingerprint density at radius 3 is 2.72 bits per heavy atom. The Morgan fingerprint density at radius 2 is 2.08 bits per heavy atom. The van der Waals surface area contributed by atoms with Crippen LogP contribution in [0, 0.1) is 11.3 Å². The fourth-order valence-corrected chi connectivity index (χ4v) is 4.85. The zero-order valence-electron chi connectivity index (χ0n) is 14.5. The van der Waals surface area contributed by atoms with Crippen molar-refractivity contribution in [1.82, 2.24) is 10.2 Å². The minimum absolute atomic E-state index is 0.00298. The third kappa shape index (κ3) is 3.71. The number of nitrogens with one attached hydrogen (secondary N) is 1. The Morgan fingerprint density at radius 1 is 1.32 bits per heavy atom. The molecule has 2 fully saturated rings. The van der Waals surface area contributed by atoms with E-state index in [9.17, 15) is 14.4 Å². The largest absolute Gasteiger partial charge is 0.468 e. The van der Waals surface area contributed by atoms with Gasteiger partial charge >= 0.3 is 5.97 Å². The Bertz CT molecular complexity index is 638. The number of rotatable bonds is 4. The van der Waals surface area contributed by atoms with Gasteiger partial charge in [0.1, 0.15) is 6.54 Å². The third-order valence-corrected chi connectivity index (χ3v) is 6.33. The van der Waals surface area contributed by atoms with Gasteiger partial charge in [0.05, 0.1) is 17.9 Å². The average molecular weight is 364 g/mol. The first-order chi connectivity index (χ1) is 12.1. The molecule has 1 aliphatic carbocycles. The summed E-state index contributed by atoms with van der Waals surface area (Å²) in [5.74, 6) is -0.867. The van der Waals surface area contributed by atoms with Crippen LogP contribution in [0.4, 0.5) is 0 Å². The molecule has 2 amide bonds. The highest BCUT2D eigenvalue weighted by molar-refractivity contribution is 7.12. The number of hydrogen-bond acceptors (Lipinski definition) is 5. The molecule has 1 aromatic rings. The van der Waals surface area contributed by atoms with Crippen LogP contribution in [0.3, 0.4) is 0 Å². The van der Waals surface area contributed by atoms with Crippen molar-refractivity contribution < 1.29 is 19.1 Å². The van der Waals surface area contributed by atoms with Crippen molar-refractivity contribution >= 4 is 29.1 Å². The summed E-state index contributed by atoms with van der Waals surface area (Å²) >= 11 is 1.43. The number of thiophene rings is 1. The summed E-state index contributed by atoms with van der Waals surface area (Å²) in [7, 11) is 1.30. The number of esters is 1. The van der Waals surface area contributed by atoms with Gasteiger partial charge in [0.2, 0.25) is 5.91 Å². The molecule has 6 nitrogen and oxygen atoms in total. The van der Waals surface area contributed by atoms with Crippen molar-refractivity contribution in [1.29, 1.82) is 0 Å². The van der Waals surface area contributed by atoms with E-state index in [2.05, 4.69) is 10.1 Å². The lowest BCUT2D eigenvalue weighted by Gasteiger charge is -2.37. The Balaban J connectivity index is 1.75. The Hall–Kier alpha value is -1.89. The van der Waals surface area contributed by atoms with Gasteiger partial charge in [-0.05, 0) is 24.3 Å². The summed E-state index contributed by atoms with van der Waals surface area (Å²) in [6, 6.07) is 3.69. The molecule has 2 aliphatic rings. The number of hydrogen-bond donors (Lipinski definition) is 1. The summed E-state index contributed by atoms with van der Waals surface area (Å²) < 4.78 is 4.59. The molecule has 0 radical (unpaired) electrons. The van der Waals surface area contributed by atoms with Gasteiger partial charge in [-0.25, -0.2) is 0 Å². The fourth-order valence-electron chi connectivity index (χ4n) is 4.16. The van der Waals surface area contributed by atoms with Gasteiger partial charge in [-0.1, -0.05) is 25.3 Å². The van der Waals surface area contributed by atoms with E-state index < -0.39 is 5.97 Å². The highest BCUT2D eigenvalue weighted by Crippen LogP contribution is 2.48. The molecule has 0 bridgehead atoms. The van der Waals surface area contributed by atoms with Gasteiger partial charge in [0.25, 0.3) is 5.91 Å². The standard InChI is InChI=1S/C18H24N2O4S/c1-24-15(21)10-19-16(22)13-11-20(17(23)14-6-5-9-25-14)12-18(13)7-3-2-4-8-18/h5-6,9,13H,2-4,7-8,10-12H2,1H3,(H,19,22)/t13-/m1/s1.